The standard InChI is InChI=1S/C11H23N3O4/c1-8(13-9(17)4-2-6-15)11(12)14-10(18)5-3-7-16/h8,11,15-16H,2-7,12H2,1H3,(H,13,17)(H,14,18). The lowest BCUT2D eigenvalue weighted by molar-refractivity contribution is -0.124. The molecule has 0 aromatic rings. The first-order chi connectivity index (χ1) is 8.51. The van der Waals surface area contributed by atoms with Crippen molar-refractivity contribution >= 4 is 11.8 Å². The lowest BCUT2D eigenvalue weighted by Crippen LogP contribution is -2.55. The van der Waals surface area contributed by atoms with Gasteiger partial charge in [-0.25, -0.2) is 0 Å². The number of nitrogens with two attached hydrogens (primary N) is 1. The molecule has 18 heavy (non-hydrogen) atoms. The molecular weight excluding hydrogens is 238 g/mol. The second-order valence-corrected chi connectivity index (χ2v) is 4.10. The van der Waals surface area contributed by atoms with Crippen LogP contribution in [0.25, 0.3) is 0 Å². The van der Waals surface area contributed by atoms with Gasteiger partial charge in [-0.15, -0.1) is 0 Å². The van der Waals surface area contributed by atoms with Crippen molar-refractivity contribution in [2.45, 2.75) is 44.8 Å². The highest BCUT2D eigenvalue weighted by Crippen LogP contribution is 1.93. The molecule has 0 aliphatic heterocycles. The second kappa shape index (κ2) is 9.81. The maximum absolute atomic E-state index is 11.4. The zero-order chi connectivity index (χ0) is 14.0. The van der Waals surface area contributed by atoms with Gasteiger partial charge in [0, 0.05) is 26.1 Å². The topological polar surface area (TPSA) is 125 Å². The molecular formula is C11H23N3O4. The molecule has 0 saturated carbocycles. The van der Waals surface area contributed by atoms with Crippen LogP contribution in [0.5, 0.6) is 0 Å². The van der Waals surface area contributed by atoms with Gasteiger partial charge in [-0.2, -0.15) is 0 Å². The molecule has 6 N–H and O–H groups in total. The number of aliphatic hydroxyl groups excluding tert-OH is 2. The van der Waals surface area contributed by atoms with Crippen LogP contribution in [0.4, 0.5) is 0 Å². The van der Waals surface area contributed by atoms with E-state index in [-0.39, 0.29) is 37.9 Å². The van der Waals surface area contributed by atoms with Gasteiger partial charge in [0.05, 0.1) is 12.2 Å². The Morgan fingerprint density at radius 1 is 1.06 bits per heavy atom. The molecule has 0 saturated heterocycles. The van der Waals surface area contributed by atoms with Crippen molar-refractivity contribution in [2.24, 2.45) is 5.73 Å². The third-order valence-corrected chi connectivity index (χ3v) is 2.38. The van der Waals surface area contributed by atoms with E-state index in [1.807, 2.05) is 0 Å². The number of carbonyl (C=O) groups is 2. The smallest absolute Gasteiger partial charge is 0.221 e. The van der Waals surface area contributed by atoms with E-state index in [9.17, 15) is 9.59 Å². The summed E-state index contributed by atoms with van der Waals surface area (Å²) in [5.41, 5.74) is 5.71. The van der Waals surface area contributed by atoms with Crippen LogP contribution in [-0.4, -0.2) is 47.4 Å². The van der Waals surface area contributed by atoms with Crippen molar-refractivity contribution < 1.29 is 19.8 Å². The molecule has 7 heteroatoms. The highest BCUT2D eigenvalue weighted by molar-refractivity contribution is 5.77. The molecule has 0 rings (SSSR count). The fourth-order valence-electron chi connectivity index (χ4n) is 1.28. The molecule has 0 aliphatic carbocycles. The van der Waals surface area contributed by atoms with Gasteiger partial charge in [0.2, 0.25) is 11.8 Å². The average Bonchev–Trinajstić information content (AvgIpc) is 2.33. The SMILES string of the molecule is CC(NC(=O)CCCO)C(N)NC(=O)CCCO. The number of amides is 2. The Morgan fingerprint density at radius 2 is 1.50 bits per heavy atom. The number of carbonyl (C=O) groups excluding carboxylic acids is 2. The third kappa shape index (κ3) is 7.99. The summed E-state index contributed by atoms with van der Waals surface area (Å²) in [5.74, 6) is -0.468. The molecule has 0 heterocycles. The van der Waals surface area contributed by atoms with Gasteiger partial charge in [0.15, 0.2) is 0 Å². The molecule has 2 atom stereocenters. The van der Waals surface area contributed by atoms with Crippen LogP contribution in [0.1, 0.15) is 32.6 Å². The molecule has 0 bridgehead atoms. The minimum absolute atomic E-state index is 0.0360. The summed E-state index contributed by atoms with van der Waals surface area (Å²) in [6, 6.07) is -0.394. The van der Waals surface area contributed by atoms with E-state index in [2.05, 4.69) is 10.6 Å². The predicted octanol–water partition coefficient (Wildman–Crippen LogP) is -1.56. The number of rotatable bonds is 9. The zero-order valence-electron chi connectivity index (χ0n) is 10.7. The maximum Gasteiger partial charge on any atom is 0.221 e. The molecule has 0 spiro atoms. The number of hydrogen-bond acceptors (Lipinski definition) is 5. The predicted molar refractivity (Wildman–Crippen MR) is 66.4 cm³/mol. The monoisotopic (exact) mass is 261 g/mol. The molecule has 0 fully saturated rings. The lowest BCUT2D eigenvalue weighted by Gasteiger charge is -2.22. The Hall–Kier alpha value is -1.18. The van der Waals surface area contributed by atoms with Crippen LogP contribution in [-0.2, 0) is 9.59 Å². The summed E-state index contributed by atoms with van der Waals surface area (Å²) in [6.45, 7) is 1.61. The number of aliphatic hydroxyl groups is 2. The van der Waals surface area contributed by atoms with Crippen LogP contribution in [0.15, 0.2) is 0 Å². The summed E-state index contributed by atoms with van der Waals surface area (Å²) in [4.78, 5) is 22.7. The summed E-state index contributed by atoms with van der Waals surface area (Å²) in [7, 11) is 0. The normalized spacial score (nSPS) is 13.8. The number of nitrogens with one attached hydrogen (secondary N) is 2. The van der Waals surface area contributed by atoms with Crippen molar-refractivity contribution in [3.05, 3.63) is 0 Å². The Kier molecular flexibility index (Phi) is 9.17. The summed E-state index contributed by atoms with van der Waals surface area (Å²) >= 11 is 0. The molecule has 2 unspecified atom stereocenters. The van der Waals surface area contributed by atoms with Gasteiger partial charge in [0.1, 0.15) is 0 Å². The van der Waals surface area contributed by atoms with Gasteiger partial charge >= 0.3 is 0 Å². The largest absolute Gasteiger partial charge is 0.396 e. The Bertz CT molecular complexity index is 235. The van der Waals surface area contributed by atoms with Crippen molar-refractivity contribution in [3.63, 3.8) is 0 Å². The van der Waals surface area contributed by atoms with E-state index in [4.69, 9.17) is 15.9 Å². The summed E-state index contributed by atoms with van der Waals surface area (Å²) in [5, 5.41) is 22.3. The maximum atomic E-state index is 11.4. The highest BCUT2D eigenvalue weighted by Gasteiger charge is 2.16. The quantitative estimate of drug-likeness (QED) is 0.321. The first-order valence-electron chi connectivity index (χ1n) is 6.07. The average molecular weight is 261 g/mol. The Labute approximate surface area is 107 Å². The van der Waals surface area contributed by atoms with Crippen molar-refractivity contribution in [1.82, 2.24) is 10.6 Å². The minimum Gasteiger partial charge on any atom is -0.396 e. The van der Waals surface area contributed by atoms with Crippen LogP contribution < -0.4 is 16.4 Å². The van der Waals surface area contributed by atoms with Crippen LogP contribution in [0.2, 0.25) is 0 Å². The van der Waals surface area contributed by atoms with E-state index < -0.39 is 12.2 Å². The van der Waals surface area contributed by atoms with E-state index in [1.165, 1.54) is 0 Å². The molecule has 0 radical (unpaired) electrons. The fraction of sp³-hybridized carbons (Fsp3) is 0.818. The Morgan fingerprint density at radius 3 is 1.94 bits per heavy atom. The van der Waals surface area contributed by atoms with Crippen molar-refractivity contribution in [3.8, 4) is 0 Å². The van der Waals surface area contributed by atoms with Gasteiger partial charge in [0.25, 0.3) is 0 Å². The van der Waals surface area contributed by atoms with Crippen LogP contribution >= 0.6 is 0 Å². The number of hydrogen-bond donors (Lipinski definition) is 5. The molecule has 7 nitrogen and oxygen atoms in total. The van der Waals surface area contributed by atoms with Gasteiger partial charge in [-0.3, -0.25) is 9.59 Å². The van der Waals surface area contributed by atoms with Crippen molar-refractivity contribution in [1.29, 1.82) is 0 Å². The van der Waals surface area contributed by atoms with Gasteiger partial charge < -0.3 is 26.6 Å². The van der Waals surface area contributed by atoms with Crippen LogP contribution in [0.3, 0.4) is 0 Å². The van der Waals surface area contributed by atoms with E-state index in [0.717, 1.165) is 0 Å². The second-order valence-electron chi connectivity index (χ2n) is 4.10. The van der Waals surface area contributed by atoms with E-state index in [0.29, 0.717) is 12.8 Å². The van der Waals surface area contributed by atoms with Crippen molar-refractivity contribution in [2.75, 3.05) is 13.2 Å². The Balaban J connectivity index is 3.90. The first-order valence-corrected chi connectivity index (χ1v) is 6.07. The lowest BCUT2D eigenvalue weighted by atomic mass is 10.2. The molecule has 0 aromatic heterocycles. The molecule has 2 amide bonds. The summed E-state index contributed by atoms with van der Waals surface area (Å²) in [6.07, 6.45) is 0.544. The molecule has 0 aliphatic rings. The fourth-order valence-corrected chi connectivity index (χ4v) is 1.28. The van der Waals surface area contributed by atoms with Gasteiger partial charge in [-0.1, -0.05) is 0 Å². The summed E-state index contributed by atoms with van der Waals surface area (Å²) < 4.78 is 0. The first kappa shape index (κ1) is 16.8. The third-order valence-electron chi connectivity index (χ3n) is 2.38. The zero-order valence-corrected chi connectivity index (χ0v) is 10.7. The highest BCUT2D eigenvalue weighted by atomic mass is 16.3. The molecule has 106 valence electrons. The molecule has 0 aromatic carbocycles. The van der Waals surface area contributed by atoms with Crippen LogP contribution in [0, 0.1) is 0 Å². The van der Waals surface area contributed by atoms with E-state index >= 15 is 0 Å². The van der Waals surface area contributed by atoms with Gasteiger partial charge in [-0.05, 0) is 19.8 Å². The minimum atomic E-state index is -0.672. The van der Waals surface area contributed by atoms with E-state index in [1.54, 1.807) is 6.92 Å².